The topological polar surface area (TPSA) is 47.8 Å². The van der Waals surface area contributed by atoms with Crippen molar-refractivity contribution in [1.29, 1.82) is 0 Å². The Morgan fingerprint density at radius 1 is 1.44 bits per heavy atom. The fraction of sp³-hybridized carbons (Fsp3) is 0.364. The Morgan fingerprint density at radius 2 is 2.22 bits per heavy atom. The molecule has 0 saturated carbocycles. The van der Waals surface area contributed by atoms with Crippen LogP contribution in [0.5, 0.6) is 0 Å². The Bertz CT molecular complexity index is 609. The van der Waals surface area contributed by atoms with Crippen molar-refractivity contribution in [1.82, 2.24) is 14.8 Å². The van der Waals surface area contributed by atoms with Crippen molar-refractivity contribution in [3.05, 3.63) is 42.7 Å². The number of nitrogens with zero attached hydrogens (tertiary/aromatic N) is 3. The van der Waals surface area contributed by atoms with E-state index in [-0.39, 0.29) is 10.0 Å². The van der Waals surface area contributed by atoms with E-state index in [1.165, 1.54) is 10.9 Å². The fourth-order valence-corrected chi connectivity index (χ4v) is 2.62. The molecule has 0 saturated heterocycles. The van der Waals surface area contributed by atoms with Gasteiger partial charge in [0, 0.05) is 5.38 Å². The predicted octanol–water partition coefficient (Wildman–Crippen LogP) is 3.01. The van der Waals surface area contributed by atoms with Crippen molar-refractivity contribution >= 4 is 34.5 Å². The van der Waals surface area contributed by atoms with Crippen LogP contribution >= 0.6 is 34.5 Å². The first-order valence-electron chi connectivity index (χ1n) is 5.46. The highest BCUT2D eigenvalue weighted by molar-refractivity contribution is 7.09. The van der Waals surface area contributed by atoms with Crippen molar-refractivity contribution in [2.75, 3.05) is 0 Å². The van der Waals surface area contributed by atoms with E-state index in [9.17, 15) is 4.79 Å². The van der Waals surface area contributed by atoms with Crippen LogP contribution in [-0.2, 0) is 13.0 Å². The molecule has 2 rings (SSSR count). The van der Waals surface area contributed by atoms with Gasteiger partial charge in [-0.3, -0.25) is 4.79 Å². The maximum atomic E-state index is 11.8. The van der Waals surface area contributed by atoms with Crippen molar-refractivity contribution in [3.8, 4) is 0 Å². The van der Waals surface area contributed by atoms with Crippen LogP contribution in [0.2, 0.25) is 10.0 Å². The van der Waals surface area contributed by atoms with Gasteiger partial charge in [0.15, 0.2) is 0 Å². The number of hydrogen-bond acceptors (Lipinski definition) is 4. The van der Waals surface area contributed by atoms with E-state index < -0.39 is 5.56 Å². The van der Waals surface area contributed by atoms with E-state index in [1.807, 2.05) is 5.38 Å². The van der Waals surface area contributed by atoms with Crippen molar-refractivity contribution in [2.24, 2.45) is 0 Å². The highest BCUT2D eigenvalue weighted by atomic mass is 35.5. The second-order valence-corrected chi connectivity index (χ2v) is 5.48. The lowest BCUT2D eigenvalue weighted by molar-refractivity contribution is 0.629. The van der Waals surface area contributed by atoms with Crippen molar-refractivity contribution in [3.63, 3.8) is 0 Å². The minimum Gasteiger partial charge on any atom is -0.266 e. The molecule has 4 nitrogen and oxygen atoms in total. The van der Waals surface area contributed by atoms with Gasteiger partial charge in [-0.2, -0.15) is 5.10 Å². The minimum absolute atomic E-state index is 0.00400. The van der Waals surface area contributed by atoms with Crippen LogP contribution in [0, 0.1) is 0 Å². The minimum atomic E-state index is -0.394. The molecule has 0 aliphatic carbocycles. The van der Waals surface area contributed by atoms with Gasteiger partial charge < -0.3 is 0 Å². The molecule has 0 aliphatic rings. The normalized spacial score (nSPS) is 10.8. The zero-order valence-corrected chi connectivity index (χ0v) is 12.0. The Labute approximate surface area is 118 Å². The molecule has 0 fully saturated rings. The average Bonchev–Trinajstić information content (AvgIpc) is 2.78. The molecule has 0 radical (unpaired) electrons. The summed E-state index contributed by atoms with van der Waals surface area (Å²) in [7, 11) is 0. The molecule has 0 aromatic carbocycles. The summed E-state index contributed by atoms with van der Waals surface area (Å²) in [6, 6.07) is 0. The third-order valence-electron chi connectivity index (χ3n) is 2.32. The molecule has 2 aromatic rings. The molecule has 2 heterocycles. The number of hydrogen-bond donors (Lipinski definition) is 0. The van der Waals surface area contributed by atoms with Crippen LogP contribution in [0.3, 0.4) is 0 Å². The SMILES string of the molecule is CCCc1nc(Cn2ncc(Cl)c(Cl)c2=O)cs1. The van der Waals surface area contributed by atoms with Gasteiger partial charge in [-0.15, -0.1) is 11.3 Å². The lowest BCUT2D eigenvalue weighted by Gasteiger charge is -2.02. The van der Waals surface area contributed by atoms with Crippen LogP contribution in [-0.4, -0.2) is 14.8 Å². The highest BCUT2D eigenvalue weighted by Crippen LogP contribution is 2.16. The predicted molar refractivity (Wildman–Crippen MR) is 73.7 cm³/mol. The summed E-state index contributed by atoms with van der Waals surface area (Å²) >= 11 is 13.1. The maximum Gasteiger partial charge on any atom is 0.287 e. The van der Waals surface area contributed by atoms with Crippen LogP contribution in [0.25, 0.3) is 0 Å². The van der Waals surface area contributed by atoms with Gasteiger partial charge in [0.25, 0.3) is 5.56 Å². The highest BCUT2D eigenvalue weighted by Gasteiger charge is 2.09. The van der Waals surface area contributed by atoms with Gasteiger partial charge >= 0.3 is 0 Å². The van der Waals surface area contributed by atoms with Gasteiger partial charge in [0.05, 0.1) is 28.5 Å². The Hall–Kier alpha value is -0.910. The molecule has 96 valence electrons. The largest absolute Gasteiger partial charge is 0.287 e. The van der Waals surface area contributed by atoms with Gasteiger partial charge in [-0.05, 0) is 12.8 Å². The van der Waals surface area contributed by atoms with E-state index in [2.05, 4.69) is 17.0 Å². The third kappa shape index (κ3) is 2.91. The Balaban J connectivity index is 2.23. The third-order valence-corrected chi connectivity index (χ3v) is 4.02. The molecular weight excluding hydrogens is 293 g/mol. The summed E-state index contributed by atoms with van der Waals surface area (Å²) in [5.74, 6) is 0. The monoisotopic (exact) mass is 303 g/mol. The molecule has 7 heteroatoms. The van der Waals surface area contributed by atoms with Crippen molar-refractivity contribution < 1.29 is 0 Å². The van der Waals surface area contributed by atoms with E-state index in [1.54, 1.807) is 11.3 Å². The van der Waals surface area contributed by atoms with Crippen LogP contribution in [0.4, 0.5) is 0 Å². The molecule has 2 aromatic heterocycles. The van der Waals surface area contributed by atoms with Crippen molar-refractivity contribution in [2.45, 2.75) is 26.3 Å². The van der Waals surface area contributed by atoms with Crippen LogP contribution < -0.4 is 5.56 Å². The molecule has 18 heavy (non-hydrogen) atoms. The molecule has 0 aliphatic heterocycles. The second-order valence-electron chi connectivity index (χ2n) is 3.75. The summed E-state index contributed by atoms with van der Waals surface area (Å²) in [6.07, 6.45) is 3.37. The molecule has 0 N–H and O–H groups in total. The van der Waals surface area contributed by atoms with Gasteiger partial charge in [0.1, 0.15) is 5.02 Å². The first-order valence-corrected chi connectivity index (χ1v) is 7.09. The van der Waals surface area contributed by atoms with E-state index in [0.29, 0.717) is 6.54 Å². The number of rotatable bonds is 4. The maximum absolute atomic E-state index is 11.8. The quantitative estimate of drug-likeness (QED) is 0.872. The summed E-state index contributed by atoms with van der Waals surface area (Å²) in [5.41, 5.74) is 0.422. The second kappa shape index (κ2) is 5.82. The van der Waals surface area contributed by atoms with E-state index >= 15 is 0 Å². The van der Waals surface area contributed by atoms with Crippen LogP contribution in [0.15, 0.2) is 16.4 Å². The average molecular weight is 304 g/mol. The van der Waals surface area contributed by atoms with E-state index in [4.69, 9.17) is 23.2 Å². The molecule has 0 spiro atoms. The standard InChI is InChI=1S/C11H11Cl2N3OS/c1-2-3-9-15-7(6-18-9)5-16-11(17)10(13)8(12)4-14-16/h4,6H,2-3,5H2,1H3. The molecule has 0 unspecified atom stereocenters. The lowest BCUT2D eigenvalue weighted by Crippen LogP contribution is -2.23. The molecule has 0 bridgehead atoms. The summed E-state index contributed by atoms with van der Waals surface area (Å²) < 4.78 is 1.26. The first kappa shape index (κ1) is 13.5. The summed E-state index contributed by atoms with van der Waals surface area (Å²) in [6.45, 7) is 2.42. The first-order chi connectivity index (χ1) is 8.61. The zero-order valence-electron chi connectivity index (χ0n) is 9.69. The fourth-order valence-electron chi connectivity index (χ4n) is 1.46. The van der Waals surface area contributed by atoms with Gasteiger partial charge in [-0.1, -0.05) is 30.1 Å². The van der Waals surface area contributed by atoms with Gasteiger partial charge in [-0.25, -0.2) is 9.67 Å². The summed E-state index contributed by atoms with van der Waals surface area (Å²) in [4.78, 5) is 16.2. The summed E-state index contributed by atoms with van der Waals surface area (Å²) in [5, 5.41) is 7.11. The Kier molecular flexibility index (Phi) is 4.37. The zero-order chi connectivity index (χ0) is 13.1. The van der Waals surface area contributed by atoms with E-state index in [0.717, 1.165) is 23.5 Å². The smallest absolute Gasteiger partial charge is 0.266 e. The molecular formula is C11H11Cl2N3OS. The number of thiazole rings is 1. The number of aromatic nitrogens is 3. The van der Waals surface area contributed by atoms with Gasteiger partial charge in [0.2, 0.25) is 0 Å². The number of halogens is 2. The molecule has 0 amide bonds. The lowest BCUT2D eigenvalue weighted by atomic mass is 10.3. The molecule has 0 atom stereocenters. The Morgan fingerprint density at radius 3 is 2.94 bits per heavy atom. The van der Waals surface area contributed by atoms with Crippen LogP contribution in [0.1, 0.15) is 24.0 Å². The number of aryl methyl sites for hydroxylation is 1.